The summed E-state index contributed by atoms with van der Waals surface area (Å²) in [6, 6.07) is 21.7. The van der Waals surface area contributed by atoms with Gasteiger partial charge in [0.15, 0.2) is 0 Å². The quantitative estimate of drug-likeness (QED) is 0.206. The van der Waals surface area contributed by atoms with E-state index in [0.717, 1.165) is 12.8 Å². The molecule has 1 saturated heterocycles. The molecule has 3 fully saturated rings. The minimum atomic E-state index is -0.602. The van der Waals surface area contributed by atoms with E-state index in [1.54, 1.807) is 5.30 Å². The van der Waals surface area contributed by atoms with Gasteiger partial charge in [-0.3, -0.25) is 4.79 Å². The second-order valence-electron chi connectivity index (χ2n) is 17.2. The van der Waals surface area contributed by atoms with Crippen molar-refractivity contribution in [1.82, 2.24) is 0 Å². The Kier molecular flexibility index (Phi) is 11.9. The first kappa shape index (κ1) is 36.5. The highest BCUT2D eigenvalue weighted by Gasteiger charge is 2.46. The molecule has 2 unspecified atom stereocenters. The molecule has 2 aliphatic carbocycles. The number of carbonyl (C=O) groups excluding carboxylic acids is 1. The molecular formula is C47H65OP. The summed E-state index contributed by atoms with van der Waals surface area (Å²) >= 11 is 0. The second-order valence-corrected chi connectivity index (χ2v) is 19.8. The number of rotatable bonds is 9. The molecule has 2 atom stereocenters. The summed E-state index contributed by atoms with van der Waals surface area (Å²) in [7, 11) is -0.602. The maximum absolute atomic E-state index is 14.0. The second kappa shape index (κ2) is 16.0. The summed E-state index contributed by atoms with van der Waals surface area (Å²) in [5.41, 5.74) is 12.9. The van der Waals surface area contributed by atoms with E-state index in [1.807, 2.05) is 0 Å². The minimum Gasteiger partial charge on any atom is -0.300 e. The average molecular weight is 677 g/mol. The molecule has 0 aromatic heterocycles. The molecule has 264 valence electrons. The molecule has 0 bridgehead atoms. The third-order valence-corrected chi connectivity index (χ3v) is 16.2. The Hall–Kier alpha value is -2.24. The largest absolute Gasteiger partial charge is 0.300 e. The molecule has 0 amide bonds. The van der Waals surface area contributed by atoms with Crippen molar-refractivity contribution in [3.63, 3.8) is 0 Å². The predicted octanol–water partition coefficient (Wildman–Crippen LogP) is 13.9. The standard InChI is InChI=1S/C47H65OP/c1-30(2)37-22-15-23-38(31(3)4)45(37)41-26-17-27-42(46-39(32(5)6)24-16-25-40(46)33(7)8)47(41)49-43(34-18-11-9-12-19-34)28-36(48)29-44(49)35-20-13-10-14-21-35/h15-17,22-27,30-35,43-44H,9-14,18-21,28-29H2,1-8H3. The first-order chi connectivity index (χ1) is 23.6. The Morgan fingerprint density at radius 1 is 0.490 bits per heavy atom. The predicted molar refractivity (Wildman–Crippen MR) is 215 cm³/mol. The molecule has 2 heteroatoms. The molecule has 1 nitrogen and oxygen atoms in total. The van der Waals surface area contributed by atoms with Crippen LogP contribution in [0.2, 0.25) is 0 Å². The smallest absolute Gasteiger partial charge is 0.134 e. The van der Waals surface area contributed by atoms with Crippen LogP contribution < -0.4 is 5.30 Å². The Labute approximate surface area is 301 Å². The zero-order valence-electron chi connectivity index (χ0n) is 32.2. The van der Waals surface area contributed by atoms with Gasteiger partial charge >= 0.3 is 0 Å². The van der Waals surface area contributed by atoms with Crippen molar-refractivity contribution in [3.05, 3.63) is 76.9 Å². The van der Waals surface area contributed by atoms with E-state index in [2.05, 4.69) is 110 Å². The molecule has 6 rings (SSSR count). The Bertz CT molecular complexity index is 1420. The number of hydrogen-bond donors (Lipinski definition) is 0. The van der Waals surface area contributed by atoms with Crippen LogP contribution in [-0.2, 0) is 4.79 Å². The summed E-state index contributed by atoms with van der Waals surface area (Å²) < 4.78 is 0. The van der Waals surface area contributed by atoms with Crippen LogP contribution in [0.25, 0.3) is 22.3 Å². The van der Waals surface area contributed by atoms with Crippen LogP contribution in [0.15, 0.2) is 54.6 Å². The Morgan fingerprint density at radius 2 is 0.816 bits per heavy atom. The van der Waals surface area contributed by atoms with Crippen molar-refractivity contribution in [2.75, 3.05) is 0 Å². The molecule has 3 aliphatic rings. The van der Waals surface area contributed by atoms with Crippen molar-refractivity contribution in [2.45, 2.75) is 167 Å². The molecular weight excluding hydrogens is 611 g/mol. The maximum atomic E-state index is 14.0. The summed E-state index contributed by atoms with van der Waals surface area (Å²) in [5, 5.41) is 1.67. The average Bonchev–Trinajstić information content (AvgIpc) is 3.11. The van der Waals surface area contributed by atoms with Crippen LogP contribution in [0.1, 0.15) is 178 Å². The number of ketones is 1. The van der Waals surface area contributed by atoms with Crippen molar-refractivity contribution in [2.24, 2.45) is 11.8 Å². The summed E-state index contributed by atoms with van der Waals surface area (Å²) in [6.07, 6.45) is 14.9. The Morgan fingerprint density at radius 3 is 1.14 bits per heavy atom. The zero-order valence-corrected chi connectivity index (χ0v) is 33.1. The normalized spacial score (nSPS) is 22.9. The molecule has 3 aromatic rings. The van der Waals surface area contributed by atoms with E-state index in [4.69, 9.17) is 0 Å². The molecule has 49 heavy (non-hydrogen) atoms. The third kappa shape index (κ3) is 7.55. The number of benzene rings is 3. The topological polar surface area (TPSA) is 17.1 Å². The van der Waals surface area contributed by atoms with Gasteiger partial charge in [0.25, 0.3) is 0 Å². The molecule has 3 aromatic carbocycles. The van der Waals surface area contributed by atoms with Gasteiger partial charge in [0.2, 0.25) is 0 Å². The molecule has 1 aliphatic heterocycles. The number of Topliss-reactive ketones (excluding diaryl/α,β-unsaturated/α-hetero) is 1. The lowest BCUT2D eigenvalue weighted by atomic mass is 9.81. The van der Waals surface area contributed by atoms with Gasteiger partial charge in [-0.25, -0.2) is 0 Å². The summed E-state index contributed by atoms with van der Waals surface area (Å²) in [6.45, 7) is 19.1. The van der Waals surface area contributed by atoms with Gasteiger partial charge in [-0.2, -0.15) is 0 Å². The highest BCUT2D eigenvalue weighted by molar-refractivity contribution is 7.68. The van der Waals surface area contributed by atoms with Crippen molar-refractivity contribution < 1.29 is 4.79 Å². The lowest BCUT2D eigenvalue weighted by Gasteiger charge is -2.48. The molecule has 2 saturated carbocycles. The first-order valence-electron chi connectivity index (χ1n) is 20.3. The van der Waals surface area contributed by atoms with Crippen LogP contribution >= 0.6 is 7.92 Å². The first-order valence-corrected chi connectivity index (χ1v) is 21.8. The molecule has 0 radical (unpaired) electrons. The van der Waals surface area contributed by atoms with Gasteiger partial charge in [0, 0.05) is 12.8 Å². The fourth-order valence-electron chi connectivity index (χ4n) is 10.1. The monoisotopic (exact) mass is 676 g/mol. The Balaban J connectivity index is 1.74. The van der Waals surface area contributed by atoms with Gasteiger partial charge in [0.1, 0.15) is 5.78 Å². The van der Waals surface area contributed by atoms with Gasteiger partial charge in [0.05, 0.1) is 0 Å². The minimum absolute atomic E-state index is 0.434. The van der Waals surface area contributed by atoms with Crippen molar-refractivity contribution in [3.8, 4) is 22.3 Å². The molecule has 0 spiro atoms. The highest BCUT2D eigenvalue weighted by Crippen LogP contribution is 2.63. The van der Waals surface area contributed by atoms with Crippen molar-refractivity contribution >= 4 is 19.0 Å². The van der Waals surface area contributed by atoms with E-state index in [1.165, 1.54) is 109 Å². The van der Waals surface area contributed by atoms with E-state index in [9.17, 15) is 4.79 Å². The number of hydrogen-bond acceptors (Lipinski definition) is 1. The SMILES string of the molecule is CC(C)c1cccc(C(C)C)c1-c1cccc(-c2c(C(C)C)cccc2C(C)C)c1P1C(C2CCCCC2)CC(=O)CC1C1CCCCC1. The fraction of sp³-hybridized carbons (Fsp3) is 0.596. The summed E-state index contributed by atoms with van der Waals surface area (Å²) in [5.74, 6) is 3.65. The van der Waals surface area contributed by atoms with E-state index < -0.39 is 7.92 Å². The lowest BCUT2D eigenvalue weighted by molar-refractivity contribution is -0.119. The zero-order chi connectivity index (χ0) is 34.8. The van der Waals surface area contributed by atoms with Crippen LogP contribution in [0, 0.1) is 11.8 Å². The maximum Gasteiger partial charge on any atom is 0.134 e. The fourth-order valence-corrected chi connectivity index (χ4v) is 14.5. The van der Waals surface area contributed by atoms with Crippen LogP contribution in [0.4, 0.5) is 0 Å². The van der Waals surface area contributed by atoms with Crippen LogP contribution in [0.3, 0.4) is 0 Å². The van der Waals surface area contributed by atoms with Gasteiger partial charge < -0.3 is 0 Å². The third-order valence-electron chi connectivity index (χ3n) is 12.6. The number of carbonyl (C=O) groups is 1. The van der Waals surface area contributed by atoms with E-state index in [-0.39, 0.29) is 0 Å². The van der Waals surface area contributed by atoms with Crippen LogP contribution in [0.5, 0.6) is 0 Å². The van der Waals surface area contributed by atoms with E-state index in [0.29, 0.717) is 52.6 Å². The van der Waals surface area contributed by atoms with Gasteiger partial charge in [-0.1, -0.05) is 156 Å². The molecule has 0 N–H and O–H groups in total. The molecule has 1 heterocycles. The van der Waals surface area contributed by atoms with Gasteiger partial charge in [-0.15, -0.1) is 0 Å². The van der Waals surface area contributed by atoms with Gasteiger partial charge in [-0.05, 0) is 122 Å². The van der Waals surface area contributed by atoms with Crippen molar-refractivity contribution in [1.29, 1.82) is 0 Å². The summed E-state index contributed by atoms with van der Waals surface area (Å²) in [4.78, 5) is 14.0. The lowest BCUT2D eigenvalue weighted by Crippen LogP contribution is -2.41. The highest BCUT2D eigenvalue weighted by atomic mass is 31.1. The van der Waals surface area contributed by atoms with E-state index >= 15 is 0 Å². The van der Waals surface area contributed by atoms with Crippen LogP contribution in [-0.4, -0.2) is 17.1 Å².